The van der Waals surface area contributed by atoms with Crippen molar-refractivity contribution in [2.75, 3.05) is 5.32 Å². The van der Waals surface area contributed by atoms with Gasteiger partial charge >= 0.3 is 12.0 Å². The van der Waals surface area contributed by atoms with E-state index in [-0.39, 0.29) is 23.3 Å². The summed E-state index contributed by atoms with van der Waals surface area (Å²) in [6.45, 7) is 0. The van der Waals surface area contributed by atoms with Gasteiger partial charge in [-0.15, -0.1) is 0 Å². The first kappa shape index (κ1) is 12.3. The van der Waals surface area contributed by atoms with Crippen LogP contribution in [0.5, 0.6) is 0 Å². The molecule has 1 fully saturated rings. The van der Waals surface area contributed by atoms with Crippen LogP contribution in [0.1, 0.15) is 36.0 Å². The van der Waals surface area contributed by atoms with E-state index in [0.717, 1.165) is 25.7 Å². The summed E-state index contributed by atoms with van der Waals surface area (Å²) >= 11 is 0. The van der Waals surface area contributed by atoms with E-state index in [9.17, 15) is 9.59 Å². The van der Waals surface area contributed by atoms with Gasteiger partial charge in [-0.25, -0.2) is 9.59 Å². The minimum Gasteiger partial charge on any atom is -0.478 e. The average Bonchev–Trinajstić information content (AvgIpc) is 2.82. The molecule has 1 saturated carbocycles. The highest BCUT2D eigenvalue weighted by atomic mass is 16.4. The number of nitrogens with one attached hydrogen (secondary N) is 2. The van der Waals surface area contributed by atoms with Crippen molar-refractivity contribution in [1.29, 1.82) is 0 Å². The SMILES string of the molecule is O=C(Nc1cnccc1C(=O)O)NC1CCCC1. The van der Waals surface area contributed by atoms with Gasteiger partial charge in [0.15, 0.2) is 0 Å². The van der Waals surface area contributed by atoms with Crippen LogP contribution in [0.15, 0.2) is 18.5 Å². The molecule has 3 N–H and O–H groups in total. The number of hydrogen-bond acceptors (Lipinski definition) is 3. The molecule has 1 aliphatic carbocycles. The second-order valence-electron chi connectivity index (χ2n) is 4.31. The molecule has 0 unspecified atom stereocenters. The van der Waals surface area contributed by atoms with E-state index in [2.05, 4.69) is 15.6 Å². The quantitative estimate of drug-likeness (QED) is 0.762. The number of aromatic carboxylic acids is 1. The van der Waals surface area contributed by atoms with Crippen LogP contribution in [0.2, 0.25) is 0 Å². The van der Waals surface area contributed by atoms with E-state index in [1.807, 2.05) is 0 Å². The lowest BCUT2D eigenvalue weighted by Gasteiger charge is -2.13. The summed E-state index contributed by atoms with van der Waals surface area (Å²) in [5, 5.41) is 14.3. The molecule has 0 radical (unpaired) electrons. The van der Waals surface area contributed by atoms with Gasteiger partial charge < -0.3 is 15.7 Å². The summed E-state index contributed by atoms with van der Waals surface area (Å²) in [5.74, 6) is -1.09. The van der Waals surface area contributed by atoms with E-state index in [0.29, 0.717) is 0 Å². The van der Waals surface area contributed by atoms with Crippen molar-refractivity contribution >= 4 is 17.7 Å². The molecule has 6 nitrogen and oxygen atoms in total. The van der Waals surface area contributed by atoms with Crippen LogP contribution in [0.25, 0.3) is 0 Å². The Labute approximate surface area is 104 Å². The van der Waals surface area contributed by atoms with Crippen LogP contribution >= 0.6 is 0 Å². The van der Waals surface area contributed by atoms with E-state index < -0.39 is 5.97 Å². The van der Waals surface area contributed by atoms with Gasteiger partial charge in [0.05, 0.1) is 17.4 Å². The number of nitrogens with zero attached hydrogens (tertiary/aromatic N) is 1. The summed E-state index contributed by atoms with van der Waals surface area (Å²) in [7, 11) is 0. The number of urea groups is 1. The largest absolute Gasteiger partial charge is 0.478 e. The van der Waals surface area contributed by atoms with Crippen LogP contribution < -0.4 is 10.6 Å². The molecule has 1 heterocycles. The molecule has 96 valence electrons. The standard InChI is InChI=1S/C12H15N3O3/c16-11(17)9-5-6-13-7-10(9)15-12(18)14-8-3-1-2-4-8/h5-8H,1-4H2,(H,16,17)(H2,14,15,18). The number of carbonyl (C=O) groups excluding carboxylic acids is 1. The monoisotopic (exact) mass is 249 g/mol. The number of carboxylic acid groups (broad SMARTS) is 1. The van der Waals surface area contributed by atoms with Crippen molar-refractivity contribution in [1.82, 2.24) is 10.3 Å². The number of amides is 2. The van der Waals surface area contributed by atoms with Gasteiger partial charge in [-0.2, -0.15) is 0 Å². The summed E-state index contributed by atoms with van der Waals surface area (Å²) < 4.78 is 0. The molecule has 2 rings (SSSR count). The van der Waals surface area contributed by atoms with Crippen LogP contribution in [-0.4, -0.2) is 28.1 Å². The number of carbonyl (C=O) groups is 2. The van der Waals surface area contributed by atoms with E-state index in [4.69, 9.17) is 5.11 Å². The second kappa shape index (κ2) is 5.48. The summed E-state index contributed by atoms with van der Waals surface area (Å²) in [6.07, 6.45) is 6.91. The molecule has 0 aliphatic heterocycles. The van der Waals surface area contributed by atoms with Gasteiger partial charge in [-0.1, -0.05) is 12.8 Å². The third kappa shape index (κ3) is 2.97. The third-order valence-electron chi connectivity index (χ3n) is 2.99. The van der Waals surface area contributed by atoms with Crippen molar-refractivity contribution in [2.24, 2.45) is 0 Å². The van der Waals surface area contributed by atoms with Gasteiger partial charge in [-0.3, -0.25) is 4.98 Å². The Balaban J connectivity index is 2.00. The molecule has 18 heavy (non-hydrogen) atoms. The molecule has 0 atom stereocenters. The number of hydrogen-bond donors (Lipinski definition) is 3. The smallest absolute Gasteiger partial charge is 0.337 e. The third-order valence-corrected chi connectivity index (χ3v) is 2.99. The molecule has 0 spiro atoms. The van der Waals surface area contributed by atoms with Gasteiger partial charge in [-0.05, 0) is 18.9 Å². The lowest BCUT2D eigenvalue weighted by atomic mass is 10.2. The maximum Gasteiger partial charge on any atom is 0.337 e. The summed E-state index contributed by atoms with van der Waals surface area (Å²) in [4.78, 5) is 26.5. The van der Waals surface area contributed by atoms with Gasteiger partial charge in [0.1, 0.15) is 0 Å². The second-order valence-corrected chi connectivity index (χ2v) is 4.31. The van der Waals surface area contributed by atoms with Crippen molar-refractivity contribution in [2.45, 2.75) is 31.7 Å². The topological polar surface area (TPSA) is 91.3 Å². The number of carboxylic acids is 1. The van der Waals surface area contributed by atoms with Crippen LogP contribution in [0.3, 0.4) is 0 Å². The predicted molar refractivity (Wildman–Crippen MR) is 65.6 cm³/mol. The maximum absolute atomic E-state index is 11.7. The van der Waals surface area contributed by atoms with Crippen LogP contribution in [-0.2, 0) is 0 Å². The molecule has 6 heteroatoms. The number of rotatable bonds is 3. The first-order valence-corrected chi connectivity index (χ1v) is 5.91. The van der Waals surface area contributed by atoms with Gasteiger partial charge in [0.2, 0.25) is 0 Å². The average molecular weight is 249 g/mol. The van der Waals surface area contributed by atoms with Crippen LogP contribution in [0.4, 0.5) is 10.5 Å². The predicted octanol–water partition coefficient (Wildman–Crippen LogP) is 1.84. The first-order chi connectivity index (χ1) is 8.66. The normalized spacial score (nSPS) is 15.3. The van der Waals surface area contributed by atoms with Crippen molar-refractivity contribution in [3.63, 3.8) is 0 Å². The Morgan fingerprint density at radius 3 is 2.72 bits per heavy atom. The number of anilines is 1. The van der Waals surface area contributed by atoms with E-state index >= 15 is 0 Å². The van der Waals surface area contributed by atoms with E-state index in [1.54, 1.807) is 0 Å². The maximum atomic E-state index is 11.7. The zero-order chi connectivity index (χ0) is 13.0. The molecular formula is C12H15N3O3. The van der Waals surface area contributed by atoms with Crippen LogP contribution in [0, 0.1) is 0 Å². The summed E-state index contributed by atoms with van der Waals surface area (Å²) in [5.41, 5.74) is 0.243. The fourth-order valence-corrected chi connectivity index (χ4v) is 2.09. The molecule has 0 bridgehead atoms. The summed E-state index contributed by atoms with van der Waals surface area (Å²) in [6, 6.07) is 1.17. The minimum atomic E-state index is -1.09. The Morgan fingerprint density at radius 1 is 1.33 bits per heavy atom. The van der Waals surface area contributed by atoms with Crippen molar-refractivity contribution in [3.8, 4) is 0 Å². The highest BCUT2D eigenvalue weighted by molar-refractivity contribution is 5.99. The van der Waals surface area contributed by atoms with Gasteiger partial charge in [0.25, 0.3) is 0 Å². The Kier molecular flexibility index (Phi) is 3.76. The van der Waals surface area contributed by atoms with E-state index in [1.165, 1.54) is 18.5 Å². The fraction of sp³-hybridized carbons (Fsp3) is 0.417. The molecule has 2 amide bonds. The highest BCUT2D eigenvalue weighted by Gasteiger charge is 2.18. The Hall–Kier alpha value is -2.11. The molecule has 1 aromatic heterocycles. The minimum absolute atomic E-state index is 0.0339. The molecule has 0 aromatic carbocycles. The number of aromatic nitrogens is 1. The number of pyridine rings is 1. The lowest BCUT2D eigenvalue weighted by molar-refractivity contribution is 0.0698. The van der Waals surface area contributed by atoms with Crippen molar-refractivity contribution < 1.29 is 14.7 Å². The van der Waals surface area contributed by atoms with Crippen molar-refractivity contribution in [3.05, 3.63) is 24.0 Å². The zero-order valence-electron chi connectivity index (χ0n) is 9.85. The molecule has 0 saturated heterocycles. The lowest BCUT2D eigenvalue weighted by Crippen LogP contribution is -2.36. The molecule has 1 aromatic rings. The Morgan fingerprint density at radius 2 is 2.06 bits per heavy atom. The highest BCUT2D eigenvalue weighted by Crippen LogP contribution is 2.18. The van der Waals surface area contributed by atoms with Gasteiger partial charge in [0, 0.05) is 12.2 Å². The zero-order valence-corrected chi connectivity index (χ0v) is 9.85. The molecule has 1 aliphatic rings. The first-order valence-electron chi connectivity index (χ1n) is 5.91. The molecular weight excluding hydrogens is 234 g/mol. The fourth-order valence-electron chi connectivity index (χ4n) is 2.09. The Bertz CT molecular complexity index is 456.